The standard InChI is InChI=1S/C14H20FNO2/c1-4-13(14(17)18-3)16-10(2)9-11-5-7-12(15)8-6-11/h5-8,10,13,16H,4,9H2,1-3H3. The van der Waals surface area contributed by atoms with Crippen LogP contribution in [-0.4, -0.2) is 25.2 Å². The van der Waals surface area contributed by atoms with E-state index in [-0.39, 0.29) is 23.9 Å². The normalized spacial score (nSPS) is 14.0. The second kappa shape index (κ2) is 7.11. The Bertz CT molecular complexity index is 378. The molecule has 0 radical (unpaired) electrons. The van der Waals surface area contributed by atoms with Crippen LogP contribution in [0.2, 0.25) is 0 Å². The number of hydrogen-bond donors (Lipinski definition) is 1. The molecule has 1 N–H and O–H groups in total. The molecule has 18 heavy (non-hydrogen) atoms. The summed E-state index contributed by atoms with van der Waals surface area (Å²) in [5, 5.41) is 3.21. The molecule has 0 aliphatic rings. The molecule has 0 saturated heterocycles. The smallest absolute Gasteiger partial charge is 0.322 e. The van der Waals surface area contributed by atoms with Crippen molar-refractivity contribution < 1.29 is 13.9 Å². The van der Waals surface area contributed by atoms with Crippen molar-refractivity contribution >= 4 is 5.97 Å². The predicted octanol–water partition coefficient (Wildman–Crippen LogP) is 2.30. The third-order valence-electron chi connectivity index (χ3n) is 2.83. The Balaban J connectivity index is 2.52. The summed E-state index contributed by atoms with van der Waals surface area (Å²) in [6, 6.07) is 6.24. The van der Waals surface area contributed by atoms with Gasteiger partial charge >= 0.3 is 5.97 Å². The average Bonchev–Trinajstić information content (AvgIpc) is 2.37. The van der Waals surface area contributed by atoms with Crippen LogP contribution in [0.1, 0.15) is 25.8 Å². The Morgan fingerprint density at radius 3 is 2.50 bits per heavy atom. The molecule has 0 aromatic heterocycles. The lowest BCUT2D eigenvalue weighted by molar-refractivity contribution is -0.143. The number of ether oxygens (including phenoxy) is 1. The highest BCUT2D eigenvalue weighted by Crippen LogP contribution is 2.07. The molecule has 0 heterocycles. The van der Waals surface area contributed by atoms with Gasteiger partial charge in [0.15, 0.2) is 0 Å². The van der Waals surface area contributed by atoms with Gasteiger partial charge in [0.25, 0.3) is 0 Å². The molecule has 0 fully saturated rings. The molecule has 1 aromatic carbocycles. The van der Waals surface area contributed by atoms with Gasteiger partial charge in [-0.25, -0.2) is 4.39 Å². The minimum atomic E-state index is -0.287. The zero-order valence-corrected chi connectivity index (χ0v) is 11.1. The van der Waals surface area contributed by atoms with E-state index < -0.39 is 0 Å². The van der Waals surface area contributed by atoms with Crippen LogP contribution < -0.4 is 5.32 Å². The molecule has 0 bridgehead atoms. The summed E-state index contributed by atoms with van der Waals surface area (Å²) in [5.74, 6) is -0.483. The highest BCUT2D eigenvalue weighted by molar-refractivity contribution is 5.75. The second-order valence-corrected chi connectivity index (χ2v) is 4.38. The van der Waals surface area contributed by atoms with Crippen LogP contribution in [-0.2, 0) is 16.0 Å². The highest BCUT2D eigenvalue weighted by Gasteiger charge is 2.18. The molecule has 100 valence electrons. The summed E-state index contributed by atoms with van der Waals surface area (Å²) < 4.78 is 17.5. The summed E-state index contributed by atoms with van der Waals surface area (Å²) >= 11 is 0. The van der Waals surface area contributed by atoms with Crippen LogP contribution in [0.5, 0.6) is 0 Å². The predicted molar refractivity (Wildman–Crippen MR) is 68.8 cm³/mol. The molecule has 1 aromatic rings. The largest absolute Gasteiger partial charge is 0.468 e. The molecular formula is C14H20FNO2. The topological polar surface area (TPSA) is 38.3 Å². The van der Waals surface area contributed by atoms with Gasteiger partial charge in [0.2, 0.25) is 0 Å². The van der Waals surface area contributed by atoms with Crippen molar-refractivity contribution in [3.05, 3.63) is 35.6 Å². The van der Waals surface area contributed by atoms with Crippen molar-refractivity contribution in [3.63, 3.8) is 0 Å². The minimum absolute atomic E-state index is 0.125. The van der Waals surface area contributed by atoms with E-state index in [1.54, 1.807) is 12.1 Å². The van der Waals surface area contributed by atoms with Gasteiger partial charge in [0.05, 0.1) is 7.11 Å². The molecule has 4 heteroatoms. The van der Waals surface area contributed by atoms with E-state index in [9.17, 15) is 9.18 Å². The molecule has 3 nitrogen and oxygen atoms in total. The van der Waals surface area contributed by atoms with Gasteiger partial charge in [-0.1, -0.05) is 19.1 Å². The SMILES string of the molecule is CCC(NC(C)Cc1ccc(F)cc1)C(=O)OC. The molecule has 0 spiro atoms. The molecule has 2 atom stereocenters. The van der Waals surface area contributed by atoms with E-state index in [1.165, 1.54) is 19.2 Å². The lowest BCUT2D eigenvalue weighted by Crippen LogP contribution is -2.43. The summed E-state index contributed by atoms with van der Waals surface area (Å²) in [7, 11) is 1.39. The Morgan fingerprint density at radius 1 is 1.39 bits per heavy atom. The monoisotopic (exact) mass is 253 g/mol. The Kier molecular flexibility index (Phi) is 5.78. The number of methoxy groups -OCH3 is 1. The fourth-order valence-electron chi connectivity index (χ4n) is 1.87. The minimum Gasteiger partial charge on any atom is -0.468 e. The van der Waals surface area contributed by atoms with Gasteiger partial charge in [-0.05, 0) is 37.5 Å². The lowest BCUT2D eigenvalue weighted by atomic mass is 10.1. The van der Waals surface area contributed by atoms with Crippen LogP contribution in [0.4, 0.5) is 4.39 Å². The number of rotatable bonds is 6. The highest BCUT2D eigenvalue weighted by atomic mass is 19.1. The molecule has 0 saturated carbocycles. The van der Waals surface area contributed by atoms with E-state index in [2.05, 4.69) is 5.32 Å². The van der Waals surface area contributed by atoms with Gasteiger partial charge < -0.3 is 10.1 Å². The summed E-state index contributed by atoms with van der Waals surface area (Å²) in [6.45, 7) is 3.92. The van der Waals surface area contributed by atoms with E-state index in [0.29, 0.717) is 6.42 Å². The van der Waals surface area contributed by atoms with Gasteiger partial charge in [0.1, 0.15) is 11.9 Å². The second-order valence-electron chi connectivity index (χ2n) is 4.38. The van der Waals surface area contributed by atoms with Gasteiger partial charge in [-0.3, -0.25) is 4.79 Å². The van der Waals surface area contributed by atoms with Crippen molar-refractivity contribution in [1.82, 2.24) is 5.32 Å². The summed E-state index contributed by atoms with van der Waals surface area (Å²) in [6.07, 6.45) is 1.42. The van der Waals surface area contributed by atoms with Crippen LogP contribution in [0.15, 0.2) is 24.3 Å². The molecular weight excluding hydrogens is 233 g/mol. The van der Waals surface area contributed by atoms with Crippen molar-refractivity contribution in [2.75, 3.05) is 7.11 Å². The fourth-order valence-corrected chi connectivity index (χ4v) is 1.87. The van der Waals surface area contributed by atoms with Crippen molar-refractivity contribution in [3.8, 4) is 0 Å². The lowest BCUT2D eigenvalue weighted by Gasteiger charge is -2.20. The van der Waals surface area contributed by atoms with Crippen LogP contribution in [0.25, 0.3) is 0 Å². The van der Waals surface area contributed by atoms with E-state index in [1.807, 2.05) is 13.8 Å². The first kappa shape index (κ1) is 14.6. The van der Waals surface area contributed by atoms with Crippen molar-refractivity contribution in [2.24, 2.45) is 0 Å². The maximum absolute atomic E-state index is 12.8. The van der Waals surface area contributed by atoms with Crippen LogP contribution >= 0.6 is 0 Å². The Labute approximate surface area is 107 Å². The third-order valence-corrected chi connectivity index (χ3v) is 2.83. The first-order valence-electron chi connectivity index (χ1n) is 6.15. The molecule has 0 aliphatic carbocycles. The molecule has 2 unspecified atom stereocenters. The first-order chi connectivity index (χ1) is 8.56. The zero-order valence-electron chi connectivity index (χ0n) is 11.1. The van der Waals surface area contributed by atoms with Gasteiger partial charge in [0, 0.05) is 6.04 Å². The van der Waals surface area contributed by atoms with Gasteiger partial charge in [-0.15, -0.1) is 0 Å². The molecule has 1 rings (SSSR count). The third kappa shape index (κ3) is 4.45. The number of carbonyl (C=O) groups is 1. The molecule has 0 amide bonds. The zero-order chi connectivity index (χ0) is 13.5. The van der Waals surface area contributed by atoms with Crippen molar-refractivity contribution in [2.45, 2.75) is 38.8 Å². The van der Waals surface area contributed by atoms with Crippen LogP contribution in [0.3, 0.4) is 0 Å². The van der Waals surface area contributed by atoms with E-state index in [4.69, 9.17) is 4.74 Å². The summed E-state index contributed by atoms with van der Waals surface area (Å²) in [5.41, 5.74) is 1.04. The quantitative estimate of drug-likeness (QED) is 0.791. The number of benzene rings is 1. The number of nitrogens with one attached hydrogen (secondary N) is 1. The number of carbonyl (C=O) groups excluding carboxylic acids is 1. The van der Waals surface area contributed by atoms with Crippen LogP contribution in [0, 0.1) is 5.82 Å². The van der Waals surface area contributed by atoms with Crippen molar-refractivity contribution in [1.29, 1.82) is 0 Å². The maximum atomic E-state index is 12.8. The average molecular weight is 253 g/mol. The number of hydrogen-bond acceptors (Lipinski definition) is 3. The maximum Gasteiger partial charge on any atom is 0.322 e. The number of halogens is 1. The van der Waals surface area contributed by atoms with E-state index >= 15 is 0 Å². The van der Waals surface area contributed by atoms with Gasteiger partial charge in [-0.2, -0.15) is 0 Å². The fraction of sp³-hybridized carbons (Fsp3) is 0.500. The Morgan fingerprint density at radius 2 is 2.00 bits per heavy atom. The number of esters is 1. The van der Waals surface area contributed by atoms with E-state index in [0.717, 1.165) is 12.0 Å². The summed E-state index contributed by atoms with van der Waals surface area (Å²) in [4.78, 5) is 11.4. The first-order valence-corrected chi connectivity index (χ1v) is 6.15. The molecule has 0 aliphatic heterocycles. The Hall–Kier alpha value is -1.42.